The third-order valence-corrected chi connectivity index (χ3v) is 3.56. The number of thiocarbonyl (C=S) groups is 1. The van der Waals surface area contributed by atoms with E-state index >= 15 is 0 Å². The largest absolute Gasteiger partial charge is 0.449 e. The summed E-state index contributed by atoms with van der Waals surface area (Å²) in [6, 6.07) is 11.4. The van der Waals surface area contributed by atoms with Crippen LogP contribution in [0.4, 0.5) is 5.69 Å². The highest BCUT2D eigenvalue weighted by Crippen LogP contribution is 2.34. The fraction of sp³-hybridized carbons (Fsp3) is 0.176. The fourth-order valence-corrected chi connectivity index (χ4v) is 2.41. The summed E-state index contributed by atoms with van der Waals surface area (Å²) >= 11 is 11.1. The van der Waals surface area contributed by atoms with Crippen molar-refractivity contribution >= 4 is 40.8 Å². The van der Waals surface area contributed by atoms with Crippen molar-refractivity contribution in [2.45, 2.75) is 19.9 Å². The molecule has 0 aliphatic carbocycles. The molecular weight excluding hydrogens is 376 g/mol. The molecule has 0 fully saturated rings. The van der Waals surface area contributed by atoms with Crippen molar-refractivity contribution < 1.29 is 9.66 Å². The number of halogens is 1. The lowest BCUT2D eigenvalue weighted by atomic mass is 10.2. The lowest BCUT2D eigenvalue weighted by Crippen LogP contribution is -2.36. The van der Waals surface area contributed by atoms with Crippen LogP contribution < -0.4 is 15.5 Å². The first-order chi connectivity index (χ1) is 12.4. The zero-order chi connectivity index (χ0) is 19.1. The number of nitro benzene ring substituents is 1. The van der Waals surface area contributed by atoms with Gasteiger partial charge in [-0.15, -0.1) is 0 Å². The minimum Gasteiger partial charge on any atom is -0.449 e. The van der Waals surface area contributed by atoms with Crippen molar-refractivity contribution in [3.8, 4) is 11.5 Å². The Morgan fingerprint density at radius 2 is 2.04 bits per heavy atom. The van der Waals surface area contributed by atoms with Crippen molar-refractivity contribution in [3.63, 3.8) is 0 Å². The Kier molecular flexibility index (Phi) is 6.88. The van der Waals surface area contributed by atoms with Crippen molar-refractivity contribution in [3.05, 3.63) is 63.2 Å². The van der Waals surface area contributed by atoms with E-state index in [2.05, 4.69) is 15.8 Å². The third-order valence-electron chi connectivity index (χ3n) is 3.04. The molecule has 0 spiro atoms. The molecule has 0 saturated heterocycles. The topological polar surface area (TPSA) is 88.8 Å². The van der Waals surface area contributed by atoms with Crippen LogP contribution in [-0.4, -0.2) is 22.3 Å². The molecular formula is C17H17ClN4O3S. The standard InChI is InChI=1S/C17H17ClN4O3S/c1-11(2)20-17(26)21-19-10-12-7-8-16(14(9-12)22(23)24)25-15-6-4-3-5-13(15)18/h3-11H,1-2H3,(H2,20,21,26)/b19-10-. The van der Waals surface area contributed by atoms with E-state index in [0.717, 1.165) is 0 Å². The maximum atomic E-state index is 11.4. The first kappa shape index (κ1) is 19.6. The average Bonchev–Trinajstić information content (AvgIpc) is 2.57. The van der Waals surface area contributed by atoms with Crippen molar-refractivity contribution in [2.75, 3.05) is 0 Å². The summed E-state index contributed by atoms with van der Waals surface area (Å²) in [4.78, 5) is 10.8. The predicted octanol–water partition coefficient (Wildman–Crippen LogP) is 4.25. The molecule has 2 N–H and O–H groups in total. The van der Waals surface area contributed by atoms with Crippen LogP contribution in [0.1, 0.15) is 19.4 Å². The van der Waals surface area contributed by atoms with Gasteiger partial charge in [-0.3, -0.25) is 15.5 Å². The second-order valence-electron chi connectivity index (χ2n) is 5.51. The molecule has 0 atom stereocenters. The molecule has 2 aromatic rings. The number of hydrazone groups is 1. The van der Waals surface area contributed by atoms with Gasteiger partial charge in [0.2, 0.25) is 5.75 Å². The minimum absolute atomic E-state index is 0.0882. The Hall–Kier alpha value is -2.71. The first-order valence-electron chi connectivity index (χ1n) is 7.67. The van der Waals surface area contributed by atoms with E-state index in [9.17, 15) is 10.1 Å². The molecule has 0 radical (unpaired) electrons. The van der Waals surface area contributed by atoms with Gasteiger partial charge < -0.3 is 10.1 Å². The van der Waals surface area contributed by atoms with Crippen LogP contribution in [0.2, 0.25) is 5.02 Å². The number of nitro groups is 1. The van der Waals surface area contributed by atoms with E-state index < -0.39 is 4.92 Å². The molecule has 26 heavy (non-hydrogen) atoms. The van der Waals surface area contributed by atoms with E-state index in [0.29, 0.717) is 21.4 Å². The Labute approximate surface area is 161 Å². The first-order valence-corrected chi connectivity index (χ1v) is 8.46. The summed E-state index contributed by atoms with van der Waals surface area (Å²) in [6.45, 7) is 3.89. The van der Waals surface area contributed by atoms with E-state index in [1.54, 1.807) is 30.3 Å². The predicted molar refractivity (Wildman–Crippen MR) is 106 cm³/mol. The maximum Gasteiger partial charge on any atom is 0.312 e. The van der Waals surface area contributed by atoms with Crippen molar-refractivity contribution in [1.82, 2.24) is 10.7 Å². The van der Waals surface area contributed by atoms with Crippen LogP contribution >= 0.6 is 23.8 Å². The number of para-hydroxylation sites is 1. The molecule has 0 bridgehead atoms. The third kappa shape index (κ3) is 5.68. The van der Waals surface area contributed by atoms with Crippen LogP contribution in [-0.2, 0) is 0 Å². The normalized spacial score (nSPS) is 10.8. The molecule has 0 aliphatic rings. The lowest BCUT2D eigenvalue weighted by molar-refractivity contribution is -0.385. The maximum absolute atomic E-state index is 11.4. The smallest absolute Gasteiger partial charge is 0.312 e. The Morgan fingerprint density at radius 3 is 2.69 bits per heavy atom. The van der Waals surface area contributed by atoms with Gasteiger partial charge in [0.05, 0.1) is 16.2 Å². The second-order valence-corrected chi connectivity index (χ2v) is 6.33. The highest BCUT2D eigenvalue weighted by molar-refractivity contribution is 7.80. The average molecular weight is 393 g/mol. The SMILES string of the molecule is CC(C)NC(=S)N/N=C\c1ccc(Oc2ccccc2Cl)c([N+](=O)[O-])c1. The molecule has 7 nitrogen and oxygen atoms in total. The Balaban J connectivity index is 2.17. The summed E-state index contributed by atoms with van der Waals surface area (Å²) in [5.41, 5.74) is 2.96. The van der Waals surface area contributed by atoms with Gasteiger partial charge in [0.25, 0.3) is 0 Å². The Bertz CT molecular complexity index is 843. The summed E-state index contributed by atoms with van der Waals surface area (Å²) in [5, 5.41) is 19.0. The number of ether oxygens (including phenoxy) is 1. The van der Waals surface area contributed by atoms with Gasteiger partial charge in [-0.05, 0) is 50.3 Å². The number of hydrogen-bond donors (Lipinski definition) is 2. The molecule has 2 rings (SSSR count). The highest BCUT2D eigenvalue weighted by atomic mass is 35.5. The fourth-order valence-electron chi connectivity index (χ4n) is 1.95. The zero-order valence-electron chi connectivity index (χ0n) is 14.1. The van der Waals surface area contributed by atoms with Gasteiger partial charge in [-0.2, -0.15) is 5.10 Å². The molecule has 9 heteroatoms. The summed E-state index contributed by atoms with van der Waals surface area (Å²) in [7, 11) is 0. The number of benzene rings is 2. The number of nitrogens with zero attached hydrogens (tertiary/aromatic N) is 2. The number of hydrogen-bond acceptors (Lipinski definition) is 5. The van der Waals surface area contributed by atoms with Gasteiger partial charge in [0, 0.05) is 17.7 Å². The molecule has 0 heterocycles. The van der Waals surface area contributed by atoms with Crippen LogP contribution in [0.3, 0.4) is 0 Å². The van der Waals surface area contributed by atoms with E-state index in [1.165, 1.54) is 18.3 Å². The number of rotatable bonds is 6. The van der Waals surface area contributed by atoms with Crippen LogP contribution in [0, 0.1) is 10.1 Å². The molecule has 0 unspecified atom stereocenters. The van der Waals surface area contributed by atoms with Crippen LogP contribution in [0.25, 0.3) is 0 Å². The van der Waals surface area contributed by atoms with Crippen LogP contribution in [0.15, 0.2) is 47.6 Å². The van der Waals surface area contributed by atoms with Gasteiger partial charge >= 0.3 is 5.69 Å². The van der Waals surface area contributed by atoms with Crippen molar-refractivity contribution in [2.24, 2.45) is 5.10 Å². The lowest BCUT2D eigenvalue weighted by Gasteiger charge is -2.09. The van der Waals surface area contributed by atoms with Gasteiger partial charge in [-0.25, -0.2) is 0 Å². The minimum atomic E-state index is -0.526. The highest BCUT2D eigenvalue weighted by Gasteiger charge is 2.17. The van der Waals surface area contributed by atoms with Crippen LogP contribution in [0.5, 0.6) is 11.5 Å². The summed E-state index contributed by atoms with van der Waals surface area (Å²) in [5.74, 6) is 0.427. The van der Waals surface area contributed by atoms with E-state index in [-0.39, 0.29) is 17.5 Å². The van der Waals surface area contributed by atoms with E-state index in [4.69, 9.17) is 28.6 Å². The molecule has 0 aliphatic heterocycles. The van der Waals surface area contributed by atoms with E-state index in [1.807, 2.05) is 13.8 Å². The summed E-state index contributed by atoms with van der Waals surface area (Å²) < 4.78 is 5.58. The second kappa shape index (κ2) is 9.12. The molecule has 0 aromatic heterocycles. The Morgan fingerprint density at radius 1 is 1.31 bits per heavy atom. The van der Waals surface area contributed by atoms with Gasteiger partial charge in [-0.1, -0.05) is 23.7 Å². The molecule has 0 saturated carbocycles. The van der Waals surface area contributed by atoms with Gasteiger partial charge in [0.1, 0.15) is 5.75 Å². The molecule has 0 amide bonds. The molecule has 2 aromatic carbocycles. The quantitative estimate of drug-likeness (QED) is 0.330. The number of nitrogens with one attached hydrogen (secondary N) is 2. The molecule has 136 valence electrons. The van der Waals surface area contributed by atoms with Gasteiger partial charge in [0.15, 0.2) is 5.11 Å². The van der Waals surface area contributed by atoms with Crippen molar-refractivity contribution in [1.29, 1.82) is 0 Å². The zero-order valence-corrected chi connectivity index (χ0v) is 15.7. The monoisotopic (exact) mass is 392 g/mol. The summed E-state index contributed by atoms with van der Waals surface area (Å²) in [6.07, 6.45) is 1.43.